The summed E-state index contributed by atoms with van der Waals surface area (Å²) in [4.78, 5) is 14.4. The van der Waals surface area contributed by atoms with Crippen molar-refractivity contribution in [3.63, 3.8) is 0 Å². The van der Waals surface area contributed by atoms with E-state index < -0.39 is 16.0 Å². The lowest BCUT2D eigenvalue weighted by atomic mass is 10.2. The summed E-state index contributed by atoms with van der Waals surface area (Å²) >= 11 is 0. The molecule has 2 aromatic carbocycles. The van der Waals surface area contributed by atoms with Gasteiger partial charge < -0.3 is 9.64 Å². The average molecular weight is 391 g/mol. The molecule has 146 valence electrons. The first-order valence-corrected chi connectivity index (χ1v) is 10.4. The van der Waals surface area contributed by atoms with Gasteiger partial charge in [-0.25, -0.2) is 13.2 Å². The molecule has 0 aliphatic heterocycles. The van der Waals surface area contributed by atoms with Gasteiger partial charge in [-0.2, -0.15) is 0 Å². The summed E-state index contributed by atoms with van der Waals surface area (Å²) in [6.07, 6.45) is 0. The Bertz CT molecular complexity index is 843. The van der Waals surface area contributed by atoms with E-state index in [1.807, 2.05) is 6.92 Å². The molecule has 0 amide bonds. The Kier molecular flexibility index (Phi) is 7.38. The van der Waals surface area contributed by atoms with Gasteiger partial charge in [-0.3, -0.25) is 4.72 Å². The number of nitrogens with one attached hydrogen (secondary N) is 1. The number of esters is 1. The van der Waals surface area contributed by atoms with Gasteiger partial charge in [0.25, 0.3) is 10.0 Å². The molecular formula is C20H26N2O4S. The molecule has 0 atom stereocenters. The van der Waals surface area contributed by atoms with Crippen LogP contribution in [-0.4, -0.2) is 45.5 Å². The van der Waals surface area contributed by atoms with E-state index in [1.54, 1.807) is 48.5 Å². The van der Waals surface area contributed by atoms with Crippen LogP contribution in [0, 0.1) is 6.92 Å². The van der Waals surface area contributed by atoms with E-state index in [0.717, 1.165) is 18.7 Å². The van der Waals surface area contributed by atoms with Crippen molar-refractivity contribution in [1.29, 1.82) is 0 Å². The Balaban J connectivity index is 1.96. The molecule has 7 heteroatoms. The third-order valence-electron chi connectivity index (χ3n) is 4.24. The number of benzene rings is 2. The van der Waals surface area contributed by atoms with Gasteiger partial charge in [0.05, 0.1) is 10.5 Å². The first-order valence-electron chi connectivity index (χ1n) is 8.94. The number of ether oxygens (including phenoxy) is 1. The molecule has 0 saturated heterocycles. The zero-order valence-corrected chi connectivity index (χ0v) is 16.8. The predicted molar refractivity (Wildman–Crippen MR) is 107 cm³/mol. The van der Waals surface area contributed by atoms with E-state index in [9.17, 15) is 13.2 Å². The number of hydrogen-bond donors (Lipinski definition) is 1. The van der Waals surface area contributed by atoms with Crippen LogP contribution in [-0.2, 0) is 14.8 Å². The lowest BCUT2D eigenvalue weighted by Gasteiger charge is -2.17. The van der Waals surface area contributed by atoms with Gasteiger partial charge in [0.15, 0.2) is 0 Å². The highest BCUT2D eigenvalue weighted by molar-refractivity contribution is 7.92. The topological polar surface area (TPSA) is 75.7 Å². The van der Waals surface area contributed by atoms with Crippen molar-refractivity contribution < 1.29 is 17.9 Å². The molecule has 0 heterocycles. The highest BCUT2D eigenvalue weighted by Crippen LogP contribution is 2.17. The Morgan fingerprint density at radius 2 is 1.59 bits per heavy atom. The minimum atomic E-state index is -3.66. The predicted octanol–water partition coefficient (Wildman–Crippen LogP) is 3.29. The number of hydrogen-bond acceptors (Lipinski definition) is 5. The minimum Gasteiger partial charge on any atom is -0.461 e. The van der Waals surface area contributed by atoms with Gasteiger partial charge in [0, 0.05) is 12.2 Å². The maximum atomic E-state index is 12.4. The molecule has 2 rings (SSSR count). The van der Waals surface area contributed by atoms with Gasteiger partial charge in [0.2, 0.25) is 0 Å². The van der Waals surface area contributed by atoms with E-state index in [0.29, 0.717) is 24.4 Å². The third-order valence-corrected chi connectivity index (χ3v) is 5.64. The van der Waals surface area contributed by atoms with Gasteiger partial charge >= 0.3 is 5.97 Å². The van der Waals surface area contributed by atoms with E-state index >= 15 is 0 Å². The molecule has 0 radical (unpaired) electrons. The summed E-state index contributed by atoms with van der Waals surface area (Å²) in [5.74, 6) is -0.421. The molecule has 0 saturated carbocycles. The number of likely N-dealkylation sites (N-methyl/N-ethyl adjacent to an activating group) is 1. The summed E-state index contributed by atoms with van der Waals surface area (Å²) in [6.45, 7) is 8.83. The molecule has 0 aromatic heterocycles. The van der Waals surface area contributed by atoms with Crippen LogP contribution in [0.1, 0.15) is 29.8 Å². The van der Waals surface area contributed by atoms with E-state index in [2.05, 4.69) is 23.5 Å². The van der Waals surface area contributed by atoms with Crippen molar-refractivity contribution >= 4 is 21.7 Å². The Morgan fingerprint density at radius 3 is 2.15 bits per heavy atom. The number of carbonyl (C=O) groups is 1. The SMILES string of the molecule is CCN(CC)CCOC(=O)c1ccc(NS(=O)(=O)c2ccc(C)cc2)cc1. The normalized spacial score (nSPS) is 11.4. The van der Waals surface area contributed by atoms with Crippen LogP contribution < -0.4 is 4.72 Å². The summed E-state index contributed by atoms with van der Waals surface area (Å²) in [6, 6.07) is 12.8. The molecule has 0 aliphatic rings. The summed E-state index contributed by atoms with van der Waals surface area (Å²) < 4.78 is 32.5. The Labute approximate surface area is 161 Å². The van der Waals surface area contributed by atoms with Crippen molar-refractivity contribution in [2.75, 3.05) is 31.0 Å². The molecule has 0 fully saturated rings. The second kappa shape index (κ2) is 9.53. The number of rotatable bonds is 9. The molecule has 27 heavy (non-hydrogen) atoms. The van der Waals surface area contributed by atoms with Crippen molar-refractivity contribution in [3.05, 3.63) is 59.7 Å². The Hall–Kier alpha value is -2.38. The van der Waals surface area contributed by atoms with Crippen molar-refractivity contribution in [2.45, 2.75) is 25.7 Å². The van der Waals surface area contributed by atoms with Gasteiger partial charge in [-0.05, 0) is 56.4 Å². The zero-order chi connectivity index (χ0) is 19.9. The largest absolute Gasteiger partial charge is 0.461 e. The lowest BCUT2D eigenvalue weighted by Crippen LogP contribution is -2.27. The van der Waals surface area contributed by atoms with Crippen LogP contribution in [0.25, 0.3) is 0 Å². The summed E-state index contributed by atoms with van der Waals surface area (Å²) in [7, 11) is -3.66. The summed E-state index contributed by atoms with van der Waals surface area (Å²) in [5.41, 5.74) is 1.75. The maximum Gasteiger partial charge on any atom is 0.338 e. The first kappa shape index (κ1) is 20.9. The molecule has 1 N–H and O–H groups in total. The molecule has 2 aromatic rings. The zero-order valence-electron chi connectivity index (χ0n) is 15.9. The fourth-order valence-corrected chi connectivity index (χ4v) is 3.56. The summed E-state index contributed by atoms with van der Waals surface area (Å²) in [5, 5.41) is 0. The van der Waals surface area contributed by atoms with Crippen LogP contribution in [0.5, 0.6) is 0 Å². The third kappa shape index (κ3) is 6.08. The van der Waals surface area contributed by atoms with Crippen LogP contribution in [0.3, 0.4) is 0 Å². The highest BCUT2D eigenvalue weighted by atomic mass is 32.2. The van der Waals surface area contributed by atoms with Gasteiger partial charge in [-0.15, -0.1) is 0 Å². The molecule has 0 aliphatic carbocycles. The van der Waals surface area contributed by atoms with Crippen molar-refractivity contribution in [3.8, 4) is 0 Å². The fourth-order valence-electron chi connectivity index (χ4n) is 2.50. The average Bonchev–Trinajstić information content (AvgIpc) is 2.66. The lowest BCUT2D eigenvalue weighted by molar-refractivity contribution is 0.0466. The van der Waals surface area contributed by atoms with Crippen LogP contribution in [0.15, 0.2) is 53.4 Å². The standard InChI is InChI=1S/C20H26N2O4S/c1-4-22(5-2)14-15-26-20(23)17-8-10-18(11-9-17)21-27(24,25)19-12-6-16(3)7-13-19/h6-13,21H,4-5,14-15H2,1-3H3. The van der Waals surface area contributed by atoms with Gasteiger partial charge in [0.1, 0.15) is 6.61 Å². The fraction of sp³-hybridized carbons (Fsp3) is 0.350. The van der Waals surface area contributed by atoms with Crippen LogP contribution >= 0.6 is 0 Å². The molecule has 0 unspecified atom stereocenters. The Morgan fingerprint density at radius 1 is 1.00 bits per heavy atom. The minimum absolute atomic E-state index is 0.188. The maximum absolute atomic E-state index is 12.4. The highest BCUT2D eigenvalue weighted by Gasteiger charge is 2.14. The molecule has 6 nitrogen and oxygen atoms in total. The van der Waals surface area contributed by atoms with Crippen molar-refractivity contribution in [2.24, 2.45) is 0 Å². The molecule has 0 bridgehead atoms. The van der Waals surface area contributed by atoms with Crippen molar-refractivity contribution in [1.82, 2.24) is 4.90 Å². The van der Waals surface area contributed by atoms with Crippen LogP contribution in [0.4, 0.5) is 5.69 Å². The van der Waals surface area contributed by atoms with Gasteiger partial charge in [-0.1, -0.05) is 31.5 Å². The number of aryl methyl sites for hydroxylation is 1. The smallest absolute Gasteiger partial charge is 0.338 e. The number of carbonyl (C=O) groups excluding carboxylic acids is 1. The van der Waals surface area contributed by atoms with E-state index in [4.69, 9.17) is 4.74 Å². The second-order valence-electron chi connectivity index (χ2n) is 6.16. The van der Waals surface area contributed by atoms with E-state index in [-0.39, 0.29) is 4.90 Å². The molecule has 0 spiro atoms. The first-order chi connectivity index (χ1) is 12.9. The number of nitrogens with zero attached hydrogens (tertiary/aromatic N) is 1. The second-order valence-corrected chi connectivity index (χ2v) is 7.84. The quantitative estimate of drug-likeness (QED) is 0.665. The number of sulfonamides is 1. The molecular weight excluding hydrogens is 364 g/mol. The number of anilines is 1. The van der Waals surface area contributed by atoms with E-state index in [1.165, 1.54) is 0 Å². The monoisotopic (exact) mass is 390 g/mol. The van der Waals surface area contributed by atoms with Crippen LogP contribution in [0.2, 0.25) is 0 Å².